The molecule has 1 aromatic rings. The molecule has 1 amide bonds. The second-order valence-corrected chi connectivity index (χ2v) is 5.06. The molecule has 2 unspecified atom stereocenters. The van der Waals surface area contributed by atoms with Gasteiger partial charge in [0.25, 0.3) is 0 Å². The summed E-state index contributed by atoms with van der Waals surface area (Å²) in [4.78, 5) is 21.8. The first-order chi connectivity index (χ1) is 9.93. The van der Waals surface area contributed by atoms with Crippen LogP contribution in [0.2, 0.25) is 0 Å². The lowest BCUT2D eigenvalue weighted by Crippen LogP contribution is -2.30. The number of hydrogen-bond donors (Lipinski definition) is 2. The molecule has 2 rings (SSSR count). The van der Waals surface area contributed by atoms with Gasteiger partial charge in [0.1, 0.15) is 5.82 Å². The fraction of sp³-hybridized carbons (Fsp3) is 0.462. The van der Waals surface area contributed by atoms with Crippen molar-refractivity contribution in [2.75, 3.05) is 11.9 Å². The fourth-order valence-corrected chi connectivity index (χ4v) is 2.66. The highest BCUT2D eigenvalue weighted by molar-refractivity contribution is 5.93. The van der Waals surface area contributed by atoms with Gasteiger partial charge >= 0.3 is 5.69 Å². The molecular weight excluding hydrogens is 284 g/mol. The van der Waals surface area contributed by atoms with E-state index >= 15 is 0 Å². The SMILES string of the molecule is NCC1CCCC1C(=O)Nc1cc([N+](=O)[O-])c(F)cc1F. The molecule has 8 heteroatoms. The van der Waals surface area contributed by atoms with Crippen LogP contribution in [-0.2, 0) is 4.79 Å². The molecule has 114 valence electrons. The minimum absolute atomic E-state index is 0.0171. The Bertz CT molecular complexity index is 580. The van der Waals surface area contributed by atoms with Crippen molar-refractivity contribution < 1.29 is 18.5 Å². The summed E-state index contributed by atoms with van der Waals surface area (Å²) < 4.78 is 26.8. The molecule has 21 heavy (non-hydrogen) atoms. The number of rotatable bonds is 4. The molecule has 1 aromatic carbocycles. The molecule has 3 N–H and O–H groups in total. The van der Waals surface area contributed by atoms with Gasteiger partial charge in [0, 0.05) is 18.1 Å². The number of benzene rings is 1. The van der Waals surface area contributed by atoms with Gasteiger partial charge in [-0.3, -0.25) is 14.9 Å². The molecule has 0 radical (unpaired) electrons. The third-order valence-electron chi connectivity index (χ3n) is 3.79. The van der Waals surface area contributed by atoms with Crippen LogP contribution in [0.4, 0.5) is 20.2 Å². The summed E-state index contributed by atoms with van der Waals surface area (Å²) in [6.07, 6.45) is 2.31. The smallest absolute Gasteiger partial charge is 0.307 e. The van der Waals surface area contributed by atoms with Gasteiger partial charge in [0.05, 0.1) is 10.6 Å². The largest absolute Gasteiger partial charge is 0.330 e. The summed E-state index contributed by atoms with van der Waals surface area (Å²) in [6, 6.07) is 1.08. The molecule has 0 saturated heterocycles. The number of hydrogen-bond acceptors (Lipinski definition) is 4. The first kappa shape index (κ1) is 15.3. The van der Waals surface area contributed by atoms with Crippen LogP contribution in [0.3, 0.4) is 0 Å². The van der Waals surface area contributed by atoms with Gasteiger partial charge in [-0.2, -0.15) is 4.39 Å². The molecule has 0 bridgehead atoms. The average molecular weight is 299 g/mol. The zero-order valence-electron chi connectivity index (χ0n) is 11.1. The van der Waals surface area contributed by atoms with E-state index in [2.05, 4.69) is 5.32 Å². The molecule has 1 aliphatic rings. The van der Waals surface area contributed by atoms with Crippen LogP contribution in [0.25, 0.3) is 0 Å². The molecule has 2 atom stereocenters. The van der Waals surface area contributed by atoms with E-state index in [-0.39, 0.29) is 11.8 Å². The summed E-state index contributed by atoms with van der Waals surface area (Å²) in [5, 5.41) is 12.9. The maximum atomic E-state index is 13.6. The molecule has 0 aromatic heterocycles. The summed E-state index contributed by atoms with van der Waals surface area (Å²) in [6.45, 7) is 0.351. The predicted molar refractivity (Wildman–Crippen MR) is 71.5 cm³/mol. The quantitative estimate of drug-likeness (QED) is 0.657. The van der Waals surface area contributed by atoms with E-state index in [9.17, 15) is 23.7 Å². The topological polar surface area (TPSA) is 98.3 Å². The van der Waals surface area contributed by atoms with Crippen LogP contribution in [0.15, 0.2) is 12.1 Å². The second-order valence-electron chi connectivity index (χ2n) is 5.06. The molecule has 0 spiro atoms. The second kappa shape index (κ2) is 6.13. The van der Waals surface area contributed by atoms with E-state index in [1.807, 2.05) is 0 Å². The minimum Gasteiger partial charge on any atom is -0.330 e. The molecule has 1 fully saturated rings. The molecule has 6 nitrogen and oxygen atoms in total. The summed E-state index contributed by atoms with van der Waals surface area (Å²) >= 11 is 0. The molecule has 0 heterocycles. The number of carbonyl (C=O) groups excluding carboxylic acids is 1. The number of carbonyl (C=O) groups is 1. The Kier molecular flexibility index (Phi) is 4.46. The van der Waals surface area contributed by atoms with E-state index in [1.165, 1.54) is 0 Å². The summed E-state index contributed by atoms with van der Waals surface area (Å²) in [5.41, 5.74) is 4.30. The normalized spacial score (nSPS) is 21.3. The average Bonchev–Trinajstić information content (AvgIpc) is 2.89. The number of nitro benzene ring substituents is 1. The summed E-state index contributed by atoms with van der Waals surface area (Å²) in [7, 11) is 0. The zero-order valence-corrected chi connectivity index (χ0v) is 11.1. The van der Waals surface area contributed by atoms with Gasteiger partial charge in [-0.25, -0.2) is 4.39 Å². The van der Waals surface area contributed by atoms with Gasteiger partial charge in [0.2, 0.25) is 11.7 Å². The number of nitrogens with one attached hydrogen (secondary N) is 1. The van der Waals surface area contributed by atoms with Crippen molar-refractivity contribution in [2.45, 2.75) is 19.3 Å². The Morgan fingerprint density at radius 3 is 2.71 bits per heavy atom. The number of amides is 1. The number of nitrogens with zero attached hydrogens (tertiary/aromatic N) is 1. The van der Waals surface area contributed by atoms with Crippen LogP contribution < -0.4 is 11.1 Å². The van der Waals surface area contributed by atoms with Crippen molar-refractivity contribution in [1.29, 1.82) is 0 Å². The minimum atomic E-state index is -1.28. The Hall–Kier alpha value is -2.09. The highest BCUT2D eigenvalue weighted by Crippen LogP contribution is 2.33. The molecular formula is C13H15F2N3O3. The Morgan fingerprint density at radius 1 is 1.38 bits per heavy atom. The maximum Gasteiger partial charge on any atom is 0.307 e. The number of nitrogens with two attached hydrogens (primary N) is 1. The Labute approximate surface area is 119 Å². The highest BCUT2D eigenvalue weighted by Gasteiger charge is 2.32. The van der Waals surface area contributed by atoms with Crippen molar-refractivity contribution in [1.82, 2.24) is 0 Å². The summed E-state index contributed by atoms with van der Waals surface area (Å²) in [5.74, 6) is -3.10. The predicted octanol–water partition coefficient (Wildman–Crippen LogP) is 2.19. The van der Waals surface area contributed by atoms with Gasteiger partial charge in [-0.15, -0.1) is 0 Å². The molecule has 0 aliphatic heterocycles. The van der Waals surface area contributed by atoms with E-state index in [1.54, 1.807) is 0 Å². The van der Waals surface area contributed by atoms with Crippen LogP contribution in [0.5, 0.6) is 0 Å². The van der Waals surface area contributed by atoms with Crippen molar-refractivity contribution in [3.8, 4) is 0 Å². The van der Waals surface area contributed by atoms with Crippen LogP contribution in [0.1, 0.15) is 19.3 Å². The van der Waals surface area contributed by atoms with Crippen molar-refractivity contribution in [3.63, 3.8) is 0 Å². The van der Waals surface area contributed by atoms with Gasteiger partial charge < -0.3 is 11.1 Å². The van der Waals surface area contributed by atoms with Crippen LogP contribution in [-0.4, -0.2) is 17.4 Å². The van der Waals surface area contributed by atoms with Gasteiger partial charge in [-0.1, -0.05) is 6.42 Å². The van der Waals surface area contributed by atoms with Crippen molar-refractivity contribution in [2.24, 2.45) is 17.6 Å². The number of halogens is 2. The van der Waals surface area contributed by atoms with E-state index in [0.29, 0.717) is 25.1 Å². The third-order valence-corrected chi connectivity index (χ3v) is 3.79. The Balaban J connectivity index is 2.21. The first-order valence-electron chi connectivity index (χ1n) is 6.58. The monoisotopic (exact) mass is 299 g/mol. The Morgan fingerprint density at radius 2 is 2.10 bits per heavy atom. The van der Waals surface area contributed by atoms with Crippen LogP contribution >= 0.6 is 0 Å². The standard InChI is InChI=1S/C13H15F2N3O3/c14-9-4-10(15)12(18(20)21)5-11(9)17-13(19)8-3-1-2-7(8)6-16/h4-5,7-8H,1-3,6,16H2,(H,17,19). The van der Waals surface area contributed by atoms with E-state index in [4.69, 9.17) is 5.73 Å². The van der Waals surface area contributed by atoms with Gasteiger partial charge in [-0.05, 0) is 25.3 Å². The zero-order chi connectivity index (χ0) is 15.6. The lowest BCUT2D eigenvalue weighted by Gasteiger charge is -2.17. The van der Waals surface area contributed by atoms with Crippen molar-refractivity contribution >= 4 is 17.3 Å². The number of anilines is 1. The maximum absolute atomic E-state index is 13.6. The lowest BCUT2D eigenvalue weighted by atomic mass is 9.95. The van der Waals surface area contributed by atoms with Crippen molar-refractivity contribution in [3.05, 3.63) is 33.9 Å². The fourth-order valence-electron chi connectivity index (χ4n) is 2.66. The lowest BCUT2D eigenvalue weighted by molar-refractivity contribution is -0.387. The van der Waals surface area contributed by atoms with E-state index < -0.39 is 33.8 Å². The number of nitro groups is 1. The highest BCUT2D eigenvalue weighted by atomic mass is 19.1. The molecule has 1 aliphatic carbocycles. The first-order valence-corrected chi connectivity index (χ1v) is 6.58. The van der Waals surface area contributed by atoms with E-state index in [0.717, 1.165) is 12.8 Å². The van der Waals surface area contributed by atoms with Gasteiger partial charge in [0.15, 0.2) is 0 Å². The third kappa shape index (κ3) is 3.15. The van der Waals surface area contributed by atoms with Crippen LogP contribution in [0, 0.1) is 33.6 Å². The molecule has 1 saturated carbocycles.